The van der Waals surface area contributed by atoms with E-state index >= 15 is 0 Å². The molecule has 0 aliphatic carbocycles. The lowest BCUT2D eigenvalue weighted by atomic mass is 9.95. The molecule has 2 heterocycles. The highest BCUT2D eigenvalue weighted by atomic mass is 15.0. The maximum atomic E-state index is 6.18. The molecule has 1 atom stereocenters. The topological polar surface area (TPSA) is 76.7 Å². The third-order valence-corrected chi connectivity index (χ3v) is 3.50. The van der Waals surface area contributed by atoms with Crippen LogP contribution in [0.5, 0.6) is 0 Å². The summed E-state index contributed by atoms with van der Waals surface area (Å²) in [6, 6.07) is 3.98. The fourth-order valence-corrected chi connectivity index (χ4v) is 2.24. The van der Waals surface area contributed by atoms with E-state index in [2.05, 4.69) is 34.1 Å². The number of hydrogen-bond donors (Lipinski definition) is 2. The molecular weight excluding hydrogens is 238 g/mol. The highest BCUT2D eigenvalue weighted by Gasteiger charge is 2.13. The average Bonchev–Trinajstić information content (AvgIpc) is 2.46. The van der Waals surface area contributed by atoms with Crippen molar-refractivity contribution < 1.29 is 0 Å². The highest BCUT2D eigenvalue weighted by molar-refractivity contribution is 5.71. The molecule has 0 saturated heterocycles. The number of nitrogens with two attached hydrogens (primary N) is 1. The molecule has 5 heteroatoms. The first-order valence-electron chi connectivity index (χ1n) is 6.81. The largest absolute Gasteiger partial charge is 0.368 e. The van der Waals surface area contributed by atoms with Crippen LogP contribution in [0.4, 0.5) is 5.82 Å². The van der Waals surface area contributed by atoms with Gasteiger partial charge >= 0.3 is 0 Å². The van der Waals surface area contributed by atoms with Gasteiger partial charge < -0.3 is 11.1 Å². The Labute approximate surface area is 113 Å². The molecule has 0 radical (unpaired) electrons. The van der Waals surface area contributed by atoms with Gasteiger partial charge in [-0.25, -0.2) is 9.97 Å². The third-order valence-electron chi connectivity index (χ3n) is 3.50. The van der Waals surface area contributed by atoms with Crippen LogP contribution in [0.15, 0.2) is 24.5 Å². The molecule has 0 aliphatic rings. The summed E-state index contributed by atoms with van der Waals surface area (Å²) in [6.07, 6.45) is 5.53. The summed E-state index contributed by atoms with van der Waals surface area (Å²) in [5, 5.41) is 3.28. The van der Waals surface area contributed by atoms with Gasteiger partial charge in [0.05, 0.1) is 0 Å². The third kappa shape index (κ3) is 3.38. The van der Waals surface area contributed by atoms with Crippen LogP contribution in [0.3, 0.4) is 0 Å². The standard InChI is InChI=1S/C14H21N5/c1-3-10(4-2)11(15)9-18-13-6-5-12-14(19-13)17-8-7-16-12/h5-8,10-11H,3-4,9,15H2,1-2H3,(H,17,18,19). The van der Waals surface area contributed by atoms with E-state index in [-0.39, 0.29) is 6.04 Å². The average molecular weight is 259 g/mol. The lowest BCUT2D eigenvalue weighted by molar-refractivity contribution is 0.407. The summed E-state index contributed by atoms with van der Waals surface area (Å²) in [4.78, 5) is 12.8. The lowest BCUT2D eigenvalue weighted by Crippen LogP contribution is -2.36. The molecule has 2 aromatic heterocycles. The number of nitrogens with zero attached hydrogens (tertiary/aromatic N) is 3. The van der Waals surface area contributed by atoms with Gasteiger partial charge in [0.25, 0.3) is 0 Å². The normalized spacial score (nSPS) is 12.8. The van der Waals surface area contributed by atoms with Gasteiger partial charge in [0.1, 0.15) is 11.3 Å². The first-order chi connectivity index (χ1) is 9.24. The molecule has 0 fully saturated rings. The highest BCUT2D eigenvalue weighted by Crippen LogP contribution is 2.13. The summed E-state index contributed by atoms with van der Waals surface area (Å²) in [5.41, 5.74) is 7.64. The Bertz CT molecular complexity index is 524. The van der Waals surface area contributed by atoms with Gasteiger partial charge in [-0.05, 0) is 18.1 Å². The van der Waals surface area contributed by atoms with Crippen LogP contribution in [0.25, 0.3) is 11.2 Å². The zero-order valence-electron chi connectivity index (χ0n) is 11.5. The van der Waals surface area contributed by atoms with E-state index in [0.29, 0.717) is 11.6 Å². The molecule has 1 unspecified atom stereocenters. The van der Waals surface area contributed by atoms with Crippen molar-refractivity contribution in [3.8, 4) is 0 Å². The lowest BCUT2D eigenvalue weighted by Gasteiger charge is -2.21. The summed E-state index contributed by atoms with van der Waals surface area (Å²) >= 11 is 0. The van der Waals surface area contributed by atoms with Gasteiger partial charge in [-0.2, -0.15) is 0 Å². The second kappa shape index (κ2) is 6.43. The predicted molar refractivity (Wildman–Crippen MR) is 77.9 cm³/mol. The van der Waals surface area contributed by atoms with E-state index in [4.69, 9.17) is 5.73 Å². The second-order valence-corrected chi connectivity index (χ2v) is 4.72. The summed E-state index contributed by atoms with van der Waals surface area (Å²) in [5.74, 6) is 1.35. The SMILES string of the molecule is CCC(CC)C(N)CNc1ccc2nccnc2n1. The zero-order chi connectivity index (χ0) is 13.7. The maximum absolute atomic E-state index is 6.18. The Morgan fingerprint density at radius 1 is 1.16 bits per heavy atom. The number of pyridine rings is 1. The van der Waals surface area contributed by atoms with Crippen molar-refractivity contribution in [2.45, 2.75) is 32.7 Å². The Balaban J connectivity index is 2.01. The van der Waals surface area contributed by atoms with Crippen molar-refractivity contribution in [3.05, 3.63) is 24.5 Å². The van der Waals surface area contributed by atoms with Crippen LogP contribution in [0, 0.1) is 5.92 Å². The van der Waals surface area contributed by atoms with Crippen LogP contribution in [-0.2, 0) is 0 Å². The van der Waals surface area contributed by atoms with E-state index in [0.717, 1.165) is 30.7 Å². The van der Waals surface area contributed by atoms with Crippen LogP contribution in [0.2, 0.25) is 0 Å². The van der Waals surface area contributed by atoms with Crippen molar-refractivity contribution in [1.29, 1.82) is 0 Å². The van der Waals surface area contributed by atoms with Crippen LogP contribution < -0.4 is 11.1 Å². The fourth-order valence-electron chi connectivity index (χ4n) is 2.24. The minimum Gasteiger partial charge on any atom is -0.368 e. The second-order valence-electron chi connectivity index (χ2n) is 4.72. The van der Waals surface area contributed by atoms with E-state index < -0.39 is 0 Å². The monoisotopic (exact) mass is 259 g/mol. The van der Waals surface area contributed by atoms with E-state index in [1.165, 1.54) is 0 Å². The number of rotatable bonds is 6. The van der Waals surface area contributed by atoms with Gasteiger partial charge in [0.2, 0.25) is 0 Å². The number of nitrogens with one attached hydrogen (secondary N) is 1. The molecule has 0 amide bonds. The molecule has 3 N–H and O–H groups in total. The molecule has 5 nitrogen and oxygen atoms in total. The minimum absolute atomic E-state index is 0.148. The first-order valence-corrected chi connectivity index (χ1v) is 6.81. The maximum Gasteiger partial charge on any atom is 0.180 e. The van der Waals surface area contributed by atoms with Gasteiger partial charge in [-0.15, -0.1) is 0 Å². The number of anilines is 1. The van der Waals surface area contributed by atoms with Gasteiger partial charge in [-0.1, -0.05) is 26.7 Å². The van der Waals surface area contributed by atoms with E-state index in [9.17, 15) is 0 Å². The minimum atomic E-state index is 0.148. The van der Waals surface area contributed by atoms with Gasteiger partial charge in [0, 0.05) is 25.0 Å². The molecule has 0 aromatic carbocycles. The van der Waals surface area contributed by atoms with Gasteiger partial charge in [-0.3, -0.25) is 4.98 Å². The van der Waals surface area contributed by atoms with Crippen molar-refractivity contribution >= 4 is 17.0 Å². The van der Waals surface area contributed by atoms with Crippen molar-refractivity contribution in [2.75, 3.05) is 11.9 Å². The fraction of sp³-hybridized carbons (Fsp3) is 0.500. The Morgan fingerprint density at radius 3 is 2.63 bits per heavy atom. The summed E-state index contributed by atoms with van der Waals surface area (Å²) in [7, 11) is 0. The number of hydrogen-bond acceptors (Lipinski definition) is 5. The van der Waals surface area contributed by atoms with E-state index in [1.54, 1.807) is 12.4 Å². The Morgan fingerprint density at radius 2 is 1.89 bits per heavy atom. The smallest absolute Gasteiger partial charge is 0.180 e. The van der Waals surface area contributed by atoms with Crippen LogP contribution in [0.1, 0.15) is 26.7 Å². The van der Waals surface area contributed by atoms with Crippen molar-refractivity contribution in [3.63, 3.8) is 0 Å². The molecule has 102 valence electrons. The predicted octanol–water partition coefficient (Wildman–Crippen LogP) is 2.20. The number of aromatic nitrogens is 3. The molecule has 2 rings (SSSR count). The summed E-state index contributed by atoms with van der Waals surface area (Å²) < 4.78 is 0. The molecular formula is C14H21N5. The van der Waals surface area contributed by atoms with E-state index in [1.807, 2.05) is 12.1 Å². The zero-order valence-corrected chi connectivity index (χ0v) is 11.5. The van der Waals surface area contributed by atoms with Gasteiger partial charge in [0.15, 0.2) is 5.65 Å². The number of fused-ring (bicyclic) bond motifs is 1. The molecule has 19 heavy (non-hydrogen) atoms. The van der Waals surface area contributed by atoms with Crippen molar-refractivity contribution in [2.24, 2.45) is 11.7 Å². The van der Waals surface area contributed by atoms with Crippen LogP contribution >= 0.6 is 0 Å². The van der Waals surface area contributed by atoms with Crippen LogP contribution in [-0.4, -0.2) is 27.5 Å². The molecule has 0 bridgehead atoms. The van der Waals surface area contributed by atoms with Crippen molar-refractivity contribution in [1.82, 2.24) is 15.0 Å². The summed E-state index contributed by atoms with van der Waals surface area (Å²) in [6.45, 7) is 5.08. The molecule has 0 aliphatic heterocycles. The quantitative estimate of drug-likeness (QED) is 0.831. The Kier molecular flexibility index (Phi) is 4.63. The molecule has 0 saturated carbocycles. The molecule has 2 aromatic rings. The first kappa shape index (κ1) is 13.7. The Hall–Kier alpha value is -1.75. The molecule has 0 spiro atoms.